The Morgan fingerprint density at radius 3 is 2.42 bits per heavy atom. The third-order valence-electron chi connectivity index (χ3n) is 2.69. The fourth-order valence-corrected chi connectivity index (χ4v) is 1.94. The molecule has 0 bridgehead atoms. The van der Waals surface area contributed by atoms with Crippen LogP contribution in [-0.4, -0.2) is 14.2 Å². The van der Waals surface area contributed by atoms with Gasteiger partial charge in [-0.05, 0) is 30.3 Å². The number of anilines is 3. The first-order chi connectivity index (χ1) is 9.13. The smallest absolute Gasteiger partial charge is 0.137 e. The van der Waals surface area contributed by atoms with Gasteiger partial charge >= 0.3 is 0 Å². The van der Waals surface area contributed by atoms with E-state index in [1.165, 1.54) is 0 Å². The monoisotopic (exact) mass is 278 g/mol. The van der Waals surface area contributed by atoms with E-state index in [9.17, 15) is 0 Å². The van der Waals surface area contributed by atoms with E-state index in [2.05, 4.69) is 5.32 Å². The van der Waals surface area contributed by atoms with Crippen LogP contribution in [0.5, 0.6) is 11.5 Å². The van der Waals surface area contributed by atoms with Crippen LogP contribution in [0, 0.1) is 0 Å². The molecule has 0 amide bonds. The number of ether oxygens (including phenoxy) is 2. The molecule has 4 nitrogen and oxygen atoms in total. The summed E-state index contributed by atoms with van der Waals surface area (Å²) in [6.07, 6.45) is 0. The second-order valence-electron chi connectivity index (χ2n) is 3.93. The molecule has 0 aliphatic rings. The first-order valence-electron chi connectivity index (χ1n) is 5.68. The van der Waals surface area contributed by atoms with Crippen molar-refractivity contribution < 1.29 is 9.47 Å². The SMILES string of the molecule is COc1ccc(Nc2ccc(OC)c(Cl)c2)c(N)c1. The molecule has 0 aliphatic heterocycles. The van der Waals surface area contributed by atoms with E-state index in [1.807, 2.05) is 18.2 Å². The molecule has 2 aromatic carbocycles. The maximum Gasteiger partial charge on any atom is 0.137 e. The molecule has 0 spiro atoms. The van der Waals surface area contributed by atoms with Gasteiger partial charge in [0.2, 0.25) is 0 Å². The predicted octanol–water partition coefficient (Wildman–Crippen LogP) is 3.68. The molecule has 2 rings (SSSR count). The van der Waals surface area contributed by atoms with Crippen LogP contribution < -0.4 is 20.5 Å². The molecule has 100 valence electrons. The molecular weight excluding hydrogens is 264 g/mol. The Labute approximate surface area is 117 Å². The molecule has 19 heavy (non-hydrogen) atoms. The highest BCUT2D eigenvalue weighted by Crippen LogP contribution is 2.31. The number of nitrogen functional groups attached to an aromatic ring is 1. The van der Waals surface area contributed by atoms with E-state index >= 15 is 0 Å². The highest BCUT2D eigenvalue weighted by Gasteiger charge is 2.05. The number of nitrogens with two attached hydrogens (primary N) is 1. The largest absolute Gasteiger partial charge is 0.497 e. The Morgan fingerprint density at radius 2 is 1.84 bits per heavy atom. The summed E-state index contributed by atoms with van der Waals surface area (Å²) < 4.78 is 10.2. The van der Waals surface area contributed by atoms with Gasteiger partial charge in [0.15, 0.2) is 0 Å². The Balaban J connectivity index is 2.23. The van der Waals surface area contributed by atoms with Gasteiger partial charge in [0.05, 0.1) is 30.6 Å². The lowest BCUT2D eigenvalue weighted by Crippen LogP contribution is -1.97. The van der Waals surface area contributed by atoms with Crippen LogP contribution in [-0.2, 0) is 0 Å². The molecular formula is C14H15ClN2O2. The zero-order valence-corrected chi connectivity index (χ0v) is 11.5. The fourth-order valence-electron chi connectivity index (χ4n) is 1.68. The number of hydrogen-bond acceptors (Lipinski definition) is 4. The maximum absolute atomic E-state index is 6.07. The van der Waals surface area contributed by atoms with Gasteiger partial charge in [-0.2, -0.15) is 0 Å². The van der Waals surface area contributed by atoms with Crippen molar-refractivity contribution in [1.82, 2.24) is 0 Å². The molecule has 0 atom stereocenters. The van der Waals surface area contributed by atoms with E-state index in [1.54, 1.807) is 32.4 Å². The average molecular weight is 279 g/mol. The van der Waals surface area contributed by atoms with Gasteiger partial charge < -0.3 is 20.5 Å². The molecule has 3 N–H and O–H groups in total. The van der Waals surface area contributed by atoms with E-state index in [-0.39, 0.29) is 0 Å². The Hall–Kier alpha value is -2.07. The third-order valence-corrected chi connectivity index (χ3v) is 2.98. The number of methoxy groups -OCH3 is 2. The van der Waals surface area contributed by atoms with Crippen LogP contribution in [0.1, 0.15) is 0 Å². The summed E-state index contributed by atoms with van der Waals surface area (Å²) in [4.78, 5) is 0. The highest BCUT2D eigenvalue weighted by molar-refractivity contribution is 6.32. The van der Waals surface area contributed by atoms with E-state index in [0.717, 1.165) is 17.1 Å². The summed E-state index contributed by atoms with van der Waals surface area (Å²) in [5.74, 6) is 1.35. The van der Waals surface area contributed by atoms with Gasteiger partial charge in [-0.25, -0.2) is 0 Å². The highest BCUT2D eigenvalue weighted by atomic mass is 35.5. The van der Waals surface area contributed by atoms with Gasteiger partial charge in [0, 0.05) is 11.8 Å². The summed E-state index contributed by atoms with van der Waals surface area (Å²) in [5.41, 5.74) is 8.17. The maximum atomic E-state index is 6.07. The van der Waals surface area contributed by atoms with E-state index in [0.29, 0.717) is 16.5 Å². The zero-order chi connectivity index (χ0) is 13.8. The number of rotatable bonds is 4. The second kappa shape index (κ2) is 5.71. The quantitative estimate of drug-likeness (QED) is 0.838. The molecule has 0 saturated heterocycles. The lowest BCUT2D eigenvalue weighted by molar-refractivity contribution is 0.415. The van der Waals surface area contributed by atoms with Gasteiger partial charge in [-0.3, -0.25) is 0 Å². The first kappa shape index (κ1) is 13.4. The van der Waals surface area contributed by atoms with Crippen molar-refractivity contribution in [1.29, 1.82) is 0 Å². The molecule has 5 heteroatoms. The van der Waals surface area contributed by atoms with Crippen LogP contribution >= 0.6 is 11.6 Å². The summed E-state index contributed by atoms with van der Waals surface area (Å²) >= 11 is 6.07. The van der Waals surface area contributed by atoms with Crippen molar-refractivity contribution in [3.8, 4) is 11.5 Å². The van der Waals surface area contributed by atoms with E-state index < -0.39 is 0 Å². The summed E-state index contributed by atoms with van der Waals surface area (Å²) in [6, 6.07) is 10.9. The van der Waals surface area contributed by atoms with Crippen LogP contribution in [0.25, 0.3) is 0 Å². The predicted molar refractivity (Wildman–Crippen MR) is 78.7 cm³/mol. The van der Waals surface area contributed by atoms with Gasteiger partial charge in [0.25, 0.3) is 0 Å². The normalized spacial score (nSPS) is 10.1. The molecule has 0 aliphatic carbocycles. The lowest BCUT2D eigenvalue weighted by Gasteiger charge is -2.12. The topological polar surface area (TPSA) is 56.5 Å². The molecule has 0 unspecified atom stereocenters. The molecule has 0 radical (unpaired) electrons. The van der Waals surface area contributed by atoms with Crippen molar-refractivity contribution in [2.24, 2.45) is 0 Å². The summed E-state index contributed by atoms with van der Waals surface area (Å²) in [6.45, 7) is 0. The van der Waals surface area contributed by atoms with Crippen LogP contribution in [0.2, 0.25) is 5.02 Å². The van der Waals surface area contributed by atoms with Gasteiger partial charge in [-0.1, -0.05) is 11.6 Å². The van der Waals surface area contributed by atoms with Crippen molar-refractivity contribution in [3.05, 3.63) is 41.4 Å². The van der Waals surface area contributed by atoms with Crippen molar-refractivity contribution >= 4 is 28.7 Å². The number of benzene rings is 2. The Bertz CT molecular complexity index is 588. The molecule has 0 saturated carbocycles. The first-order valence-corrected chi connectivity index (χ1v) is 6.06. The van der Waals surface area contributed by atoms with Gasteiger partial charge in [-0.15, -0.1) is 0 Å². The molecule has 0 heterocycles. The van der Waals surface area contributed by atoms with Crippen molar-refractivity contribution in [3.63, 3.8) is 0 Å². The minimum atomic E-state index is 0.541. The third kappa shape index (κ3) is 3.03. The van der Waals surface area contributed by atoms with Crippen molar-refractivity contribution in [2.75, 3.05) is 25.3 Å². The molecule has 2 aromatic rings. The molecule has 0 fully saturated rings. The molecule has 0 aromatic heterocycles. The Morgan fingerprint density at radius 1 is 1.05 bits per heavy atom. The zero-order valence-electron chi connectivity index (χ0n) is 10.7. The van der Waals surface area contributed by atoms with Crippen LogP contribution in [0.4, 0.5) is 17.1 Å². The van der Waals surface area contributed by atoms with E-state index in [4.69, 9.17) is 26.8 Å². The summed E-state index contributed by atoms with van der Waals surface area (Å²) in [5, 5.41) is 3.74. The number of hydrogen-bond donors (Lipinski definition) is 2. The van der Waals surface area contributed by atoms with Gasteiger partial charge in [0.1, 0.15) is 11.5 Å². The lowest BCUT2D eigenvalue weighted by atomic mass is 10.2. The number of halogens is 1. The van der Waals surface area contributed by atoms with Crippen molar-refractivity contribution in [2.45, 2.75) is 0 Å². The minimum Gasteiger partial charge on any atom is -0.497 e. The number of nitrogens with one attached hydrogen (secondary N) is 1. The summed E-state index contributed by atoms with van der Waals surface area (Å²) in [7, 11) is 3.18. The van der Waals surface area contributed by atoms with Crippen LogP contribution in [0.15, 0.2) is 36.4 Å². The standard InChI is InChI=1S/C14H15ClN2O2/c1-18-10-4-5-13(12(16)8-10)17-9-3-6-14(19-2)11(15)7-9/h3-8,17H,16H2,1-2H3. The Kier molecular flexibility index (Phi) is 4.02. The van der Waals surface area contributed by atoms with Crippen LogP contribution in [0.3, 0.4) is 0 Å². The average Bonchev–Trinajstić information content (AvgIpc) is 2.41. The second-order valence-corrected chi connectivity index (χ2v) is 4.33. The minimum absolute atomic E-state index is 0.541. The fraction of sp³-hybridized carbons (Fsp3) is 0.143.